The van der Waals surface area contributed by atoms with Crippen LogP contribution in [0.3, 0.4) is 0 Å². The first-order valence-corrected chi connectivity index (χ1v) is 12.0. The van der Waals surface area contributed by atoms with E-state index in [0.717, 1.165) is 43.4 Å². The van der Waals surface area contributed by atoms with Gasteiger partial charge >= 0.3 is 0 Å². The standard InChI is InChI=1S/C29H38N2O/c1-6-22-14-20(15-23(7-2)28(22)30)13-21-16-24(8-3)29(25(9-4)17-21)31-19(5)26-11-10-12-27(32)18-26/h10-12,14-19,31-32H,6-9,13,30H2,1-5H3. The van der Waals surface area contributed by atoms with E-state index >= 15 is 0 Å². The summed E-state index contributed by atoms with van der Waals surface area (Å²) in [7, 11) is 0. The highest BCUT2D eigenvalue weighted by atomic mass is 16.3. The van der Waals surface area contributed by atoms with Gasteiger partial charge in [0, 0.05) is 17.4 Å². The average molecular weight is 431 g/mol. The minimum Gasteiger partial charge on any atom is -0.508 e. The molecule has 1 unspecified atom stereocenters. The van der Waals surface area contributed by atoms with E-state index in [9.17, 15) is 5.11 Å². The lowest BCUT2D eigenvalue weighted by molar-refractivity contribution is 0.474. The topological polar surface area (TPSA) is 58.3 Å². The molecule has 170 valence electrons. The predicted octanol–water partition coefficient (Wildman–Crippen LogP) is 6.99. The van der Waals surface area contributed by atoms with Crippen LogP contribution in [-0.4, -0.2) is 5.11 Å². The molecule has 0 aliphatic rings. The highest BCUT2D eigenvalue weighted by Crippen LogP contribution is 2.31. The number of aryl methyl sites for hydroxylation is 4. The number of hydrogen-bond acceptors (Lipinski definition) is 3. The van der Waals surface area contributed by atoms with Gasteiger partial charge in [-0.25, -0.2) is 0 Å². The lowest BCUT2D eigenvalue weighted by Gasteiger charge is -2.22. The fraction of sp³-hybridized carbons (Fsp3) is 0.379. The van der Waals surface area contributed by atoms with Crippen molar-refractivity contribution in [3.63, 3.8) is 0 Å². The van der Waals surface area contributed by atoms with Crippen molar-refractivity contribution in [2.75, 3.05) is 11.1 Å². The SMILES string of the molecule is CCc1cc(Cc2cc(CC)c(NC(C)c3cccc(O)c3)c(CC)c2)cc(CC)c1N. The molecule has 0 saturated carbocycles. The van der Waals surface area contributed by atoms with Gasteiger partial charge in [0.2, 0.25) is 0 Å². The summed E-state index contributed by atoms with van der Waals surface area (Å²) in [6.07, 6.45) is 4.78. The minimum absolute atomic E-state index is 0.111. The predicted molar refractivity (Wildman–Crippen MR) is 138 cm³/mol. The fourth-order valence-electron chi connectivity index (χ4n) is 4.55. The van der Waals surface area contributed by atoms with Crippen LogP contribution in [0.2, 0.25) is 0 Å². The van der Waals surface area contributed by atoms with Gasteiger partial charge < -0.3 is 16.2 Å². The summed E-state index contributed by atoms with van der Waals surface area (Å²) in [5.41, 5.74) is 17.5. The number of phenolic OH excluding ortho intramolecular Hbond substituents is 1. The van der Waals surface area contributed by atoms with Crippen LogP contribution in [0.4, 0.5) is 11.4 Å². The Kier molecular flexibility index (Phi) is 7.84. The van der Waals surface area contributed by atoms with Crippen LogP contribution in [-0.2, 0) is 32.1 Å². The number of nitrogen functional groups attached to an aromatic ring is 1. The van der Waals surface area contributed by atoms with Crippen molar-refractivity contribution in [2.45, 2.75) is 72.8 Å². The largest absolute Gasteiger partial charge is 0.508 e. The second-order valence-corrected chi connectivity index (χ2v) is 8.67. The molecule has 3 heteroatoms. The zero-order valence-electron chi connectivity index (χ0n) is 20.3. The number of phenols is 1. The molecule has 0 aromatic heterocycles. The van der Waals surface area contributed by atoms with Gasteiger partial charge in [0.25, 0.3) is 0 Å². The normalized spacial score (nSPS) is 12.0. The van der Waals surface area contributed by atoms with Gasteiger partial charge in [-0.2, -0.15) is 0 Å². The van der Waals surface area contributed by atoms with Crippen molar-refractivity contribution in [1.29, 1.82) is 0 Å². The van der Waals surface area contributed by atoms with Gasteiger partial charge in [-0.3, -0.25) is 0 Å². The Hall–Kier alpha value is -2.94. The summed E-state index contributed by atoms with van der Waals surface area (Å²) in [6, 6.07) is 16.9. The molecule has 3 aromatic carbocycles. The molecular weight excluding hydrogens is 392 g/mol. The summed E-state index contributed by atoms with van der Waals surface area (Å²) >= 11 is 0. The summed E-state index contributed by atoms with van der Waals surface area (Å²) in [5, 5.41) is 13.6. The molecule has 32 heavy (non-hydrogen) atoms. The quantitative estimate of drug-likeness (QED) is 0.321. The molecule has 0 spiro atoms. The number of benzene rings is 3. The van der Waals surface area contributed by atoms with E-state index in [1.165, 1.54) is 39.1 Å². The number of nitrogens with two attached hydrogens (primary N) is 1. The summed E-state index contributed by atoms with van der Waals surface area (Å²) in [4.78, 5) is 0. The van der Waals surface area contributed by atoms with E-state index in [0.29, 0.717) is 5.75 Å². The van der Waals surface area contributed by atoms with Gasteiger partial charge in [-0.15, -0.1) is 0 Å². The maximum absolute atomic E-state index is 9.86. The van der Waals surface area contributed by atoms with Crippen molar-refractivity contribution in [3.8, 4) is 5.75 Å². The Balaban J connectivity index is 1.94. The first-order chi connectivity index (χ1) is 15.4. The third-order valence-electron chi connectivity index (χ3n) is 6.44. The molecule has 0 aliphatic carbocycles. The summed E-state index contributed by atoms with van der Waals surface area (Å²) in [6.45, 7) is 10.9. The molecular formula is C29H38N2O. The number of aromatic hydroxyl groups is 1. The van der Waals surface area contributed by atoms with Crippen molar-refractivity contribution in [1.82, 2.24) is 0 Å². The van der Waals surface area contributed by atoms with Crippen LogP contribution in [0.15, 0.2) is 48.5 Å². The van der Waals surface area contributed by atoms with Crippen molar-refractivity contribution in [3.05, 3.63) is 87.5 Å². The molecule has 1 atom stereocenters. The second kappa shape index (κ2) is 10.6. The Morgan fingerprint density at radius 3 is 1.75 bits per heavy atom. The van der Waals surface area contributed by atoms with E-state index in [-0.39, 0.29) is 6.04 Å². The Labute approximate surface area is 193 Å². The monoisotopic (exact) mass is 430 g/mol. The Bertz CT molecular complexity index is 1020. The van der Waals surface area contributed by atoms with Gasteiger partial charge in [-0.05, 0) is 90.1 Å². The highest BCUT2D eigenvalue weighted by Gasteiger charge is 2.14. The molecule has 0 aliphatic heterocycles. The van der Waals surface area contributed by atoms with E-state index in [4.69, 9.17) is 5.73 Å². The zero-order chi connectivity index (χ0) is 23.3. The number of nitrogens with one attached hydrogen (secondary N) is 1. The zero-order valence-corrected chi connectivity index (χ0v) is 20.3. The maximum atomic E-state index is 9.86. The van der Waals surface area contributed by atoms with Crippen LogP contribution in [0.25, 0.3) is 0 Å². The average Bonchev–Trinajstić information content (AvgIpc) is 2.80. The molecule has 0 radical (unpaired) electrons. The fourth-order valence-corrected chi connectivity index (χ4v) is 4.55. The van der Waals surface area contributed by atoms with Gasteiger partial charge in [0.1, 0.15) is 5.75 Å². The highest BCUT2D eigenvalue weighted by molar-refractivity contribution is 5.62. The van der Waals surface area contributed by atoms with Crippen LogP contribution in [0, 0.1) is 0 Å². The lowest BCUT2D eigenvalue weighted by atomic mass is 9.92. The third kappa shape index (κ3) is 5.27. The Morgan fingerprint density at radius 2 is 1.28 bits per heavy atom. The molecule has 3 rings (SSSR count). The smallest absolute Gasteiger partial charge is 0.115 e. The number of hydrogen-bond donors (Lipinski definition) is 3. The summed E-state index contributed by atoms with van der Waals surface area (Å²) < 4.78 is 0. The van der Waals surface area contributed by atoms with Crippen molar-refractivity contribution in [2.24, 2.45) is 0 Å². The number of anilines is 2. The van der Waals surface area contributed by atoms with E-state index in [2.05, 4.69) is 70.3 Å². The van der Waals surface area contributed by atoms with Crippen LogP contribution in [0.5, 0.6) is 5.75 Å². The molecule has 0 fully saturated rings. The third-order valence-corrected chi connectivity index (χ3v) is 6.44. The molecule has 4 N–H and O–H groups in total. The van der Waals surface area contributed by atoms with Gasteiger partial charge in [-0.1, -0.05) is 64.1 Å². The van der Waals surface area contributed by atoms with E-state index in [1.807, 2.05) is 12.1 Å². The van der Waals surface area contributed by atoms with Crippen molar-refractivity contribution < 1.29 is 5.11 Å². The van der Waals surface area contributed by atoms with Gasteiger partial charge in [0.15, 0.2) is 0 Å². The first kappa shape index (κ1) is 23.7. The Morgan fingerprint density at radius 1 is 0.781 bits per heavy atom. The molecule has 0 bridgehead atoms. The molecule has 0 heterocycles. The van der Waals surface area contributed by atoms with Crippen LogP contribution < -0.4 is 11.1 Å². The second-order valence-electron chi connectivity index (χ2n) is 8.67. The molecule has 0 amide bonds. The van der Waals surface area contributed by atoms with Gasteiger partial charge in [0.05, 0.1) is 0 Å². The molecule has 3 aromatic rings. The van der Waals surface area contributed by atoms with Crippen LogP contribution >= 0.6 is 0 Å². The van der Waals surface area contributed by atoms with Crippen molar-refractivity contribution >= 4 is 11.4 Å². The number of rotatable bonds is 9. The van der Waals surface area contributed by atoms with Crippen LogP contribution in [0.1, 0.15) is 79.6 Å². The maximum Gasteiger partial charge on any atom is 0.115 e. The summed E-state index contributed by atoms with van der Waals surface area (Å²) in [5.74, 6) is 0.305. The lowest BCUT2D eigenvalue weighted by Crippen LogP contribution is -2.11. The van der Waals surface area contributed by atoms with E-state index in [1.54, 1.807) is 6.07 Å². The first-order valence-electron chi connectivity index (χ1n) is 12.0. The minimum atomic E-state index is 0.111. The molecule has 0 saturated heterocycles. The van der Waals surface area contributed by atoms with E-state index < -0.39 is 0 Å². The molecule has 3 nitrogen and oxygen atoms in total.